The molecule has 1 heterocycles. The number of hydrogen-bond acceptors (Lipinski definition) is 3. The largest absolute Gasteiger partial charge is 0.481 e. The van der Waals surface area contributed by atoms with E-state index in [9.17, 15) is 4.79 Å². The summed E-state index contributed by atoms with van der Waals surface area (Å²) in [4.78, 5) is 15.2. The van der Waals surface area contributed by atoms with Crippen molar-refractivity contribution in [3.05, 3.63) is 63.2 Å². The Kier molecular flexibility index (Phi) is 5.55. The minimum absolute atomic E-state index is 0.319. The van der Waals surface area contributed by atoms with Crippen molar-refractivity contribution in [2.24, 2.45) is 5.10 Å². The number of nitrogens with one attached hydrogen (secondary N) is 2. The van der Waals surface area contributed by atoms with Crippen molar-refractivity contribution in [1.29, 1.82) is 0 Å². The number of nitrogens with zero attached hydrogens (tertiary/aromatic N) is 1. The Hall–Kier alpha value is -2.12. The van der Waals surface area contributed by atoms with Gasteiger partial charge in [0, 0.05) is 31.6 Å². The predicted molar refractivity (Wildman–Crippen MR) is 106 cm³/mol. The lowest BCUT2D eigenvalue weighted by atomic mass is 10.2. The summed E-state index contributed by atoms with van der Waals surface area (Å²) < 4.78 is 7.52. The zero-order chi connectivity index (χ0) is 17.8. The highest BCUT2D eigenvalue weighted by Crippen LogP contribution is 2.21. The minimum Gasteiger partial charge on any atom is -0.481 e. The Labute approximate surface area is 161 Å². The van der Waals surface area contributed by atoms with E-state index in [1.807, 2.05) is 36.5 Å². The van der Waals surface area contributed by atoms with Crippen LogP contribution in [0.4, 0.5) is 0 Å². The van der Waals surface area contributed by atoms with Crippen LogP contribution in [0.1, 0.15) is 12.5 Å². The van der Waals surface area contributed by atoms with E-state index in [0.717, 1.165) is 25.4 Å². The van der Waals surface area contributed by atoms with Crippen LogP contribution in [-0.2, 0) is 4.79 Å². The molecule has 0 saturated carbocycles. The van der Waals surface area contributed by atoms with Gasteiger partial charge in [0.25, 0.3) is 5.91 Å². The molecule has 1 amide bonds. The normalized spacial score (nSPS) is 12.4. The fourth-order valence-electron chi connectivity index (χ4n) is 2.25. The second-order valence-corrected chi connectivity index (χ2v) is 7.21. The van der Waals surface area contributed by atoms with Crippen LogP contribution in [0.25, 0.3) is 10.9 Å². The predicted octanol–water partition coefficient (Wildman–Crippen LogP) is 4.61. The molecule has 0 radical (unpaired) electrons. The van der Waals surface area contributed by atoms with Gasteiger partial charge in [-0.25, -0.2) is 5.43 Å². The van der Waals surface area contributed by atoms with E-state index in [1.54, 1.807) is 25.3 Å². The third kappa shape index (κ3) is 4.49. The van der Waals surface area contributed by atoms with Gasteiger partial charge >= 0.3 is 0 Å². The van der Waals surface area contributed by atoms with Gasteiger partial charge in [-0.3, -0.25) is 4.79 Å². The third-order valence-corrected chi connectivity index (χ3v) is 4.57. The van der Waals surface area contributed by atoms with Gasteiger partial charge in [-0.1, -0.05) is 31.9 Å². The van der Waals surface area contributed by atoms with Gasteiger partial charge in [0.05, 0.1) is 6.21 Å². The van der Waals surface area contributed by atoms with Gasteiger partial charge in [0.2, 0.25) is 0 Å². The first kappa shape index (κ1) is 17.7. The van der Waals surface area contributed by atoms with Gasteiger partial charge in [-0.05, 0) is 49.4 Å². The van der Waals surface area contributed by atoms with Crippen molar-refractivity contribution in [1.82, 2.24) is 10.4 Å². The zero-order valence-corrected chi connectivity index (χ0v) is 16.5. The lowest BCUT2D eigenvalue weighted by molar-refractivity contribution is -0.127. The van der Waals surface area contributed by atoms with Gasteiger partial charge in [0.1, 0.15) is 5.75 Å². The number of ether oxygens (including phenoxy) is 1. The number of benzene rings is 2. The van der Waals surface area contributed by atoms with Crippen LogP contribution < -0.4 is 10.2 Å². The van der Waals surface area contributed by atoms with E-state index in [1.165, 1.54) is 0 Å². The van der Waals surface area contributed by atoms with Crippen LogP contribution in [0.5, 0.6) is 5.75 Å². The molecule has 7 heteroatoms. The van der Waals surface area contributed by atoms with Crippen molar-refractivity contribution in [3.63, 3.8) is 0 Å². The molecule has 128 valence electrons. The Bertz CT molecular complexity index is 920. The highest BCUT2D eigenvalue weighted by atomic mass is 79.9. The average molecular weight is 465 g/mol. The average Bonchev–Trinajstić information content (AvgIpc) is 2.99. The van der Waals surface area contributed by atoms with Crippen molar-refractivity contribution in [2.75, 3.05) is 0 Å². The number of aromatic nitrogens is 1. The quantitative estimate of drug-likeness (QED) is 0.427. The molecule has 1 atom stereocenters. The summed E-state index contributed by atoms with van der Waals surface area (Å²) in [6.45, 7) is 1.68. The standard InChI is InChI=1S/C18H15Br2N3O2/c1-11(25-15-5-2-13(19)3-6-15)18(24)23-22-10-12-9-21-17-7-4-14(20)8-16(12)17/h2-11,21H,1H3,(H,23,24)/b22-10+. The number of rotatable bonds is 5. The summed E-state index contributed by atoms with van der Waals surface area (Å²) in [5.41, 5.74) is 4.39. The van der Waals surface area contributed by atoms with E-state index >= 15 is 0 Å². The molecule has 0 aliphatic carbocycles. The smallest absolute Gasteiger partial charge is 0.280 e. The number of hydrogen-bond donors (Lipinski definition) is 2. The molecule has 3 aromatic rings. The Balaban J connectivity index is 1.61. The second-order valence-electron chi connectivity index (χ2n) is 5.38. The fraction of sp³-hybridized carbons (Fsp3) is 0.111. The number of hydrazone groups is 1. The van der Waals surface area contributed by atoms with Crippen molar-refractivity contribution >= 4 is 54.9 Å². The first-order chi connectivity index (χ1) is 12.0. The number of amides is 1. The van der Waals surface area contributed by atoms with Crippen molar-refractivity contribution in [3.8, 4) is 5.75 Å². The van der Waals surface area contributed by atoms with Gasteiger partial charge < -0.3 is 9.72 Å². The highest BCUT2D eigenvalue weighted by molar-refractivity contribution is 9.10. The lowest BCUT2D eigenvalue weighted by Gasteiger charge is -2.12. The number of aromatic amines is 1. The number of carbonyl (C=O) groups is 1. The monoisotopic (exact) mass is 463 g/mol. The maximum Gasteiger partial charge on any atom is 0.280 e. The summed E-state index contributed by atoms with van der Waals surface area (Å²) in [7, 11) is 0. The maximum atomic E-state index is 12.1. The van der Waals surface area contributed by atoms with Gasteiger partial charge in [0.15, 0.2) is 6.10 Å². The van der Waals surface area contributed by atoms with Gasteiger partial charge in [-0.2, -0.15) is 5.10 Å². The summed E-state index contributed by atoms with van der Waals surface area (Å²) in [6.07, 6.45) is 2.79. The molecule has 0 saturated heterocycles. The van der Waals surface area contributed by atoms with Crippen molar-refractivity contribution < 1.29 is 9.53 Å². The van der Waals surface area contributed by atoms with Crippen molar-refractivity contribution in [2.45, 2.75) is 13.0 Å². The van der Waals surface area contributed by atoms with E-state index in [0.29, 0.717) is 5.75 Å². The van der Waals surface area contributed by atoms with E-state index in [-0.39, 0.29) is 5.91 Å². The number of H-pyrrole nitrogens is 1. The first-order valence-corrected chi connectivity index (χ1v) is 9.13. The van der Waals surface area contributed by atoms with Crippen LogP contribution in [0.15, 0.2) is 62.7 Å². The molecule has 25 heavy (non-hydrogen) atoms. The van der Waals surface area contributed by atoms with Crippen LogP contribution in [0, 0.1) is 0 Å². The van der Waals surface area contributed by atoms with E-state index in [4.69, 9.17) is 4.74 Å². The molecule has 1 unspecified atom stereocenters. The zero-order valence-electron chi connectivity index (χ0n) is 13.3. The molecule has 0 fully saturated rings. The van der Waals surface area contributed by atoms with E-state index in [2.05, 4.69) is 47.4 Å². The van der Waals surface area contributed by atoms with Crippen LogP contribution in [0.2, 0.25) is 0 Å². The van der Waals surface area contributed by atoms with Crippen LogP contribution in [-0.4, -0.2) is 23.2 Å². The molecule has 0 bridgehead atoms. The molecule has 2 aromatic carbocycles. The molecule has 2 N–H and O–H groups in total. The SMILES string of the molecule is CC(Oc1ccc(Br)cc1)C(=O)N/N=C/c1c[nH]c2ccc(Br)cc12. The number of halogens is 2. The summed E-state index contributed by atoms with van der Waals surface area (Å²) >= 11 is 6.81. The molecular formula is C18H15Br2N3O2. The minimum atomic E-state index is -0.657. The maximum absolute atomic E-state index is 12.1. The Morgan fingerprint density at radius 2 is 1.92 bits per heavy atom. The Morgan fingerprint density at radius 1 is 1.20 bits per heavy atom. The number of carbonyl (C=O) groups excluding carboxylic acids is 1. The summed E-state index contributed by atoms with van der Waals surface area (Å²) in [6, 6.07) is 13.2. The van der Waals surface area contributed by atoms with E-state index < -0.39 is 6.10 Å². The highest BCUT2D eigenvalue weighted by Gasteiger charge is 2.13. The molecule has 3 rings (SSSR count). The topological polar surface area (TPSA) is 66.5 Å². The molecular weight excluding hydrogens is 450 g/mol. The van der Waals surface area contributed by atoms with Crippen LogP contribution >= 0.6 is 31.9 Å². The second kappa shape index (κ2) is 7.84. The number of fused-ring (bicyclic) bond motifs is 1. The molecule has 0 aliphatic heterocycles. The molecule has 0 spiro atoms. The summed E-state index contributed by atoms with van der Waals surface area (Å²) in [5, 5.41) is 5.04. The third-order valence-electron chi connectivity index (χ3n) is 3.55. The molecule has 0 aliphatic rings. The Morgan fingerprint density at radius 3 is 2.68 bits per heavy atom. The first-order valence-electron chi connectivity index (χ1n) is 7.55. The molecule has 1 aromatic heterocycles. The van der Waals surface area contributed by atoms with Crippen LogP contribution in [0.3, 0.4) is 0 Å². The van der Waals surface area contributed by atoms with Gasteiger partial charge in [-0.15, -0.1) is 0 Å². The fourth-order valence-corrected chi connectivity index (χ4v) is 2.87. The summed E-state index contributed by atoms with van der Waals surface area (Å²) in [5.74, 6) is 0.302. The molecule has 5 nitrogen and oxygen atoms in total. The lowest BCUT2D eigenvalue weighted by Crippen LogP contribution is -2.33.